The highest BCUT2D eigenvalue weighted by atomic mass is 19.1. The van der Waals surface area contributed by atoms with E-state index >= 15 is 0 Å². The fourth-order valence-corrected chi connectivity index (χ4v) is 1.51. The second-order valence-corrected chi connectivity index (χ2v) is 4.16. The van der Waals surface area contributed by atoms with Gasteiger partial charge in [0.05, 0.1) is 6.10 Å². The van der Waals surface area contributed by atoms with Gasteiger partial charge in [-0.2, -0.15) is 0 Å². The lowest BCUT2D eigenvalue weighted by atomic mass is 10.1. The normalized spacial score (nSPS) is 14.6. The Kier molecular flexibility index (Phi) is 6.11. The number of halogens is 1. The Bertz CT molecular complexity index is 316. The monoisotopic (exact) mass is 241 g/mol. The predicted molar refractivity (Wildman–Crippen MR) is 65.3 cm³/mol. The maximum absolute atomic E-state index is 12.7. The molecule has 2 unspecified atom stereocenters. The number of rotatable bonds is 7. The molecule has 2 atom stereocenters. The maximum atomic E-state index is 12.7. The number of hydrogen-bond acceptors (Lipinski definition) is 3. The number of methoxy groups -OCH3 is 1. The molecule has 1 rings (SSSR count). The Morgan fingerprint density at radius 2 is 2.00 bits per heavy atom. The first-order valence-electron chi connectivity index (χ1n) is 5.79. The van der Waals surface area contributed by atoms with Crippen LogP contribution in [0.2, 0.25) is 0 Å². The Balaban J connectivity index is 2.34. The molecule has 0 aliphatic heterocycles. The van der Waals surface area contributed by atoms with Crippen molar-refractivity contribution in [1.29, 1.82) is 0 Å². The van der Waals surface area contributed by atoms with Gasteiger partial charge in [0.25, 0.3) is 0 Å². The highest BCUT2D eigenvalue weighted by Gasteiger charge is 2.09. The summed E-state index contributed by atoms with van der Waals surface area (Å²) in [5.41, 5.74) is 0.720. The lowest BCUT2D eigenvalue weighted by Gasteiger charge is -2.17. The molecular weight excluding hydrogens is 221 g/mol. The van der Waals surface area contributed by atoms with Gasteiger partial charge in [-0.3, -0.25) is 0 Å². The van der Waals surface area contributed by atoms with Crippen LogP contribution in [0, 0.1) is 5.82 Å². The van der Waals surface area contributed by atoms with E-state index < -0.39 is 6.10 Å². The zero-order chi connectivity index (χ0) is 12.7. The quantitative estimate of drug-likeness (QED) is 0.765. The van der Waals surface area contributed by atoms with E-state index in [9.17, 15) is 9.50 Å². The molecule has 1 aromatic carbocycles. The summed E-state index contributed by atoms with van der Waals surface area (Å²) in [7, 11) is 1.67. The molecule has 3 nitrogen and oxygen atoms in total. The zero-order valence-electron chi connectivity index (χ0n) is 10.3. The fraction of sp³-hybridized carbons (Fsp3) is 0.538. The third-order valence-corrected chi connectivity index (χ3v) is 2.67. The molecule has 0 fully saturated rings. The average Bonchev–Trinajstić information content (AvgIpc) is 2.34. The lowest BCUT2D eigenvalue weighted by molar-refractivity contribution is 0.158. The molecule has 2 N–H and O–H groups in total. The Morgan fingerprint density at radius 3 is 2.59 bits per heavy atom. The fourth-order valence-electron chi connectivity index (χ4n) is 1.51. The summed E-state index contributed by atoms with van der Waals surface area (Å²) in [6, 6.07) is 6.19. The number of nitrogens with one attached hydrogen (secondary N) is 1. The number of aliphatic hydroxyl groups excluding tert-OH is 1. The third-order valence-electron chi connectivity index (χ3n) is 2.67. The van der Waals surface area contributed by atoms with Gasteiger partial charge in [0.1, 0.15) is 5.82 Å². The van der Waals surface area contributed by atoms with Gasteiger partial charge in [-0.1, -0.05) is 12.1 Å². The summed E-state index contributed by atoms with van der Waals surface area (Å²) >= 11 is 0. The Morgan fingerprint density at radius 1 is 1.35 bits per heavy atom. The van der Waals surface area contributed by atoms with Crippen molar-refractivity contribution in [2.75, 3.05) is 20.3 Å². The highest BCUT2D eigenvalue weighted by molar-refractivity contribution is 5.18. The minimum atomic E-state index is -0.611. The molecular formula is C13H20FNO2. The molecule has 4 heteroatoms. The minimum Gasteiger partial charge on any atom is -0.387 e. The van der Waals surface area contributed by atoms with Gasteiger partial charge in [0.2, 0.25) is 0 Å². The molecule has 1 aromatic rings. The average molecular weight is 241 g/mol. The molecule has 0 heterocycles. The molecule has 96 valence electrons. The van der Waals surface area contributed by atoms with Crippen LogP contribution in [0.1, 0.15) is 25.0 Å². The standard InChI is InChI=1S/C13H20FNO2/c1-10(7-8-17-2)15-9-13(16)11-3-5-12(14)6-4-11/h3-6,10,13,15-16H,7-9H2,1-2H3. The van der Waals surface area contributed by atoms with E-state index in [4.69, 9.17) is 4.74 Å². The predicted octanol–water partition coefficient (Wildman–Crippen LogP) is 1.87. The molecule has 0 saturated carbocycles. The highest BCUT2D eigenvalue weighted by Crippen LogP contribution is 2.12. The van der Waals surface area contributed by atoms with Crippen molar-refractivity contribution in [2.45, 2.75) is 25.5 Å². The zero-order valence-corrected chi connectivity index (χ0v) is 10.3. The summed E-state index contributed by atoms with van der Waals surface area (Å²) in [4.78, 5) is 0. The first-order chi connectivity index (χ1) is 8.13. The first kappa shape index (κ1) is 14.1. The van der Waals surface area contributed by atoms with Crippen LogP contribution in [0.15, 0.2) is 24.3 Å². The van der Waals surface area contributed by atoms with Gasteiger partial charge in [-0.25, -0.2) is 4.39 Å². The SMILES string of the molecule is COCCC(C)NCC(O)c1ccc(F)cc1. The summed E-state index contributed by atoms with van der Waals surface area (Å²) in [5, 5.41) is 13.1. The lowest BCUT2D eigenvalue weighted by Crippen LogP contribution is -2.31. The summed E-state index contributed by atoms with van der Waals surface area (Å²) in [6.07, 6.45) is 0.285. The van der Waals surface area contributed by atoms with Crippen LogP contribution < -0.4 is 5.32 Å². The summed E-state index contributed by atoms with van der Waals surface area (Å²) < 4.78 is 17.7. The van der Waals surface area contributed by atoms with Crippen LogP contribution in [0.4, 0.5) is 4.39 Å². The topological polar surface area (TPSA) is 41.5 Å². The molecule has 0 aliphatic rings. The molecule has 0 saturated heterocycles. The van der Waals surface area contributed by atoms with Crippen LogP contribution in [0.25, 0.3) is 0 Å². The Hall–Kier alpha value is -0.970. The number of benzene rings is 1. The second-order valence-electron chi connectivity index (χ2n) is 4.16. The Labute approximate surface area is 102 Å². The van der Waals surface area contributed by atoms with Crippen LogP contribution in [0.3, 0.4) is 0 Å². The number of hydrogen-bond donors (Lipinski definition) is 2. The first-order valence-corrected chi connectivity index (χ1v) is 5.79. The van der Waals surface area contributed by atoms with E-state index in [-0.39, 0.29) is 11.9 Å². The van der Waals surface area contributed by atoms with Crippen LogP contribution in [0.5, 0.6) is 0 Å². The van der Waals surface area contributed by atoms with Gasteiger partial charge in [-0.15, -0.1) is 0 Å². The van der Waals surface area contributed by atoms with Crippen LogP contribution in [-0.2, 0) is 4.74 Å². The largest absolute Gasteiger partial charge is 0.387 e. The van der Waals surface area contributed by atoms with Crippen LogP contribution >= 0.6 is 0 Å². The van der Waals surface area contributed by atoms with Gasteiger partial charge in [0.15, 0.2) is 0 Å². The van der Waals surface area contributed by atoms with Gasteiger partial charge >= 0.3 is 0 Å². The van der Waals surface area contributed by atoms with Crippen molar-refractivity contribution in [3.63, 3.8) is 0 Å². The van der Waals surface area contributed by atoms with E-state index in [1.165, 1.54) is 12.1 Å². The van der Waals surface area contributed by atoms with E-state index in [1.807, 2.05) is 6.92 Å². The third kappa shape index (κ3) is 5.26. The molecule has 0 radical (unpaired) electrons. The minimum absolute atomic E-state index is 0.282. The van der Waals surface area contributed by atoms with Gasteiger partial charge in [0, 0.05) is 26.3 Å². The summed E-state index contributed by atoms with van der Waals surface area (Å²) in [6.45, 7) is 3.19. The van der Waals surface area contributed by atoms with Crippen molar-refractivity contribution < 1.29 is 14.2 Å². The number of aliphatic hydroxyl groups is 1. The molecule has 0 amide bonds. The van der Waals surface area contributed by atoms with E-state index in [0.717, 1.165) is 12.0 Å². The van der Waals surface area contributed by atoms with Crippen molar-refractivity contribution >= 4 is 0 Å². The van der Waals surface area contributed by atoms with Crippen molar-refractivity contribution in [1.82, 2.24) is 5.32 Å². The van der Waals surface area contributed by atoms with Gasteiger partial charge < -0.3 is 15.2 Å². The van der Waals surface area contributed by atoms with Crippen molar-refractivity contribution in [2.24, 2.45) is 0 Å². The molecule has 0 spiro atoms. The number of ether oxygens (including phenoxy) is 1. The van der Waals surface area contributed by atoms with Crippen molar-refractivity contribution in [3.05, 3.63) is 35.6 Å². The van der Waals surface area contributed by atoms with Gasteiger partial charge in [-0.05, 0) is 31.0 Å². The molecule has 0 bridgehead atoms. The van der Waals surface area contributed by atoms with E-state index in [1.54, 1.807) is 19.2 Å². The molecule has 17 heavy (non-hydrogen) atoms. The maximum Gasteiger partial charge on any atom is 0.123 e. The molecule has 0 aliphatic carbocycles. The van der Waals surface area contributed by atoms with E-state index in [0.29, 0.717) is 13.2 Å². The second kappa shape index (κ2) is 7.37. The van der Waals surface area contributed by atoms with Crippen molar-refractivity contribution in [3.8, 4) is 0 Å². The summed E-state index contributed by atoms with van der Waals surface area (Å²) in [5.74, 6) is -0.289. The van der Waals surface area contributed by atoms with E-state index in [2.05, 4.69) is 5.32 Å². The smallest absolute Gasteiger partial charge is 0.123 e. The van der Waals surface area contributed by atoms with Crippen LogP contribution in [-0.4, -0.2) is 31.4 Å². The molecule has 0 aromatic heterocycles.